The fourth-order valence-corrected chi connectivity index (χ4v) is 6.34. The minimum atomic E-state index is 0.119. The third-order valence-corrected chi connectivity index (χ3v) is 8.11. The number of furan rings is 1. The average Bonchev–Trinajstić information content (AvgIpc) is 3.30. The quantitative estimate of drug-likeness (QED) is 0.225. The van der Waals surface area contributed by atoms with Crippen LogP contribution in [0.1, 0.15) is 41.0 Å². The molecule has 0 radical (unpaired) electrons. The molecule has 0 fully saturated rings. The summed E-state index contributed by atoms with van der Waals surface area (Å²) in [6, 6.07) is 26.1. The number of aliphatic imine (C=N–C) groups is 1. The molecule has 4 heterocycles. The number of nitrogens with zero attached hydrogens (tertiary/aromatic N) is 2. The normalized spacial score (nSPS) is 18.9. The molecule has 0 bridgehead atoms. The Balaban J connectivity index is 1.49. The van der Waals surface area contributed by atoms with Gasteiger partial charge in [0.1, 0.15) is 11.2 Å². The van der Waals surface area contributed by atoms with E-state index in [1.165, 1.54) is 27.8 Å². The van der Waals surface area contributed by atoms with Crippen LogP contribution in [0.3, 0.4) is 0 Å². The van der Waals surface area contributed by atoms with Gasteiger partial charge in [-0.3, -0.25) is 4.99 Å². The van der Waals surface area contributed by atoms with Crippen molar-refractivity contribution in [2.24, 2.45) is 4.99 Å². The number of aromatic nitrogens is 1. The van der Waals surface area contributed by atoms with Crippen molar-refractivity contribution < 1.29 is 8.98 Å². The van der Waals surface area contributed by atoms with Gasteiger partial charge in [-0.2, -0.15) is 4.57 Å². The Kier molecular flexibility index (Phi) is 5.00. The molecule has 7 rings (SSSR count). The van der Waals surface area contributed by atoms with Crippen LogP contribution in [0.5, 0.6) is 0 Å². The van der Waals surface area contributed by atoms with Crippen LogP contribution in [0.4, 0.5) is 0 Å². The van der Waals surface area contributed by atoms with Gasteiger partial charge >= 0.3 is 0 Å². The maximum absolute atomic E-state index is 6.57. The molecule has 0 amide bonds. The summed E-state index contributed by atoms with van der Waals surface area (Å²) in [6.07, 6.45) is 6.78. The van der Waals surface area contributed by atoms with Crippen molar-refractivity contribution in [1.82, 2.24) is 0 Å². The number of para-hydroxylation sites is 1. The molecule has 5 aromatic rings. The van der Waals surface area contributed by atoms with Gasteiger partial charge < -0.3 is 4.42 Å². The van der Waals surface area contributed by atoms with Crippen LogP contribution >= 0.6 is 0 Å². The van der Waals surface area contributed by atoms with Crippen molar-refractivity contribution in [3.05, 3.63) is 120 Å². The van der Waals surface area contributed by atoms with Crippen LogP contribution in [0.15, 0.2) is 108 Å². The zero-order valence-corrected chi connectivity index (χ0v) is 21.1. The number of fused-ring (bicyclic) bond motifs is 10. The number of hydrogen-bond acceptors (Lipinski definition) is 2. The molecular weight excluding hydrogens is 452 g/mol. The predicted molar refractivity (Wildman–Crippen MR) is 152 cm³/mol. The standard InChI is InChI=1S/C34H29N2O/c1-4-29-25-10-6-5-9-24(25)26-15-13-23-14-16-28-27-11-7-8-12-32(27)37-34(28)33(23)31-19-21(2)17-18-36(31)22(3)20-30(26)35-29/h4-12,14,16-19,26,30H,1,3,13,15,20H2,2H3/q+1. The number of hydrogen-bond donors (Lipinski definition) is 0. The average molecular weight is 482 g/mol. The van der Waals surface area contributed by atoms with Crippen LogP contribution < -0.4 is 4.57 Å². The molecule has 0 aliphatic carbocycles. The third kappa shape index (κ3) is 3.41. The fraction of sp³-hybridized carbons (Fsp3) is 0.176. The Hall–Kier alpha value is -4.24. The van der Waals surface area contributed by atoms with Gasteiger partial charge in [-0.15, -0.1) is 0 Å². The van der Waals surface area contributed by atoms with Crippen molar-refractivity contribution in [2.75, 3.05) is 0 Å². The molecule has 3 heteroatoms. The summed E-state index contributed by atoms with van der Waals surface area (Å²) in [5, 5.41) is 2.31. The number of rotatable bonds is 1. The highest BCUT2D eigenvalue weighted by Gasteiger charge is 2.35. The van der Waals surface area contributed by atoms with Crippen LogP contribution in [0, 0.1) is 6.92 Å². The first kappa shape index (κ1) is 22.0. The molecule has 3 aromatic carbocycles. The molecule has 0 saturated carbocycles. The Morgan fingerprint density at radius 3 is 2.73 bits per heavy atom. The molecule has 0 spiro atoms. The first-order valence-corrected chi connectivity index (χ1v) is 13.1. The van der Waals surface area contributed by atoms with Gasteiger partial charge in [-0.25, -0.2) is 0 Å². The second-order valence-corrected chi connectivity index (χ2v) is 10.3. The highest BCUT2D eigenvalue weighted by Crippen LogP contribution is 2.42. The summed E-state index contributed by atoms with van der Waals surface area (Å²) >= 11 is 0. The molecule has 2 aromatic heterocycles. The summed E-state index contributed by atoms with van der Waals surface area (Å²) in [6.45, 7) is 10.8. The lowest BCUT2D eigenvalue weighted by Gasteiger charge is -2.32. The SMILES string of the molecule is C=CC1=NC2CC(=C)[n+]3ccc(C)cc3-c3c(ccc4c3oc3ccccc34)CCC2c2ccccc21. The lowest BCUT2D eigenvalue weighted by atomic mass is 9.78. The largest absolute Gasteiger partial charge is 0.455 e. The van der Waals surface area contributed by atoms with E-state index >= 15 is 0 Å². The zero-order valence-electron chi connectivity index (χ0n) is 21.1. The third-order valence-electron chi connectivity index (χ3n) is 8.11. The van der Waals surface area contributed by atoms with Crippen LogP contribution in [-0.2, 0) is 6.42 Å². The first-order valence-electron chi connectivity index (χ1n) is 13.1. The maximum atomic E-state index is 6.57. The Morgan fingerprint density at radius 2 is 1.84 bits per heavy atom. The van der Waals surface area contributed by atoms with E-state index in [0.717, 1.165) is 58.3 Å². The highest BCUT2D eigenvalue weighted by atomic mass is 16.3. The summed E-state index contributed by atoms with van der Waals surface area (Å²) in [5.74, 6) is 0.309. The van der Waals surface area contributed by atoms with Gasteiger partial charge in [0, 0.05) is 34.4 Å². The van der Waals surface area contributed by atoms with E-state index in [4.69, 9.17) is 9.41 Å². The van der Waals surface area contributed by atoms with Crippen molar-refractivity contribution in [3.63, 3.8) is 0 Å². The van der Waals surface area contributed by atoms with Crippen LogP contribution in [-0.4, -0.2) is 11.8 Å². The molecular formula is C34H29N2O+. The van der Waals surface area contributed by atoms with Gasteiger partial charge in [0.2, 0.25) is 5.69 Å². The molecule has 2 aliphatic heterocycles. The topological polar surface area (TPSA) is 29.4 Å². The van der Waals surface area contributed by atoms with Crippen molar-refractivity contribution >= 4 is 33.3 Å². The summed E-state index contributed by atoms with van der Waals surface area (Å²) in [5.41, 5.74) is 11.3. The Morgan fingerprint density at radius 1 is 1.00 bits per heavy atom. The van der Waals surface area contributed by atoms with Crippen LogP contribution in [0.25, 0.3) is 38.9 Å². The number of benzene rings is 3. The Bertz CT molecular complexity index is 1770. The van der Waals surface area contributed by atoms with E-state index in [1.807, 2.05) is 12.1 Å². The zero-order chi connectivity index (χ0) is 25.1. The molecule has 2 atom stereocenters. The van der Waals surface area contributed by atoms with E-state index in [-0.39, 0.29) is 6.04 Å². The monoisotopic (exact) mass is 481 g/mol. The van der Waals surface area contributed by atoms with Crippen molar-refractivity contribution in [2.45, 2.75) is 38.1 Å². The predicted octanol–water partition coefficient (Wildman–Crippen LogP) is 7.80. The minimum Gasteiger partial charge on any atom is -0.455 e. The molecule has 37 heavy (non-hydrogen) atoms. The van der Waals surface area contributed by atoms with Crippen LogP contribution in [0.2, 0.25) is 0 Å². The maximum Gasteiger partial charge on any atom is 0.222 e. The van der Waals surface area contributed by atoms with Crippen molar-refractivity contribution in [1.29, 1.82) is 0 Å². The number of pyridine rings is 1. The van der Waals surface area contributed by atoms with Gasteiger partial charge in [0.05, 0.1) is 23.7 Å². The number of aryl methyl sites for hydroxylation is 2. The summed E-state index contributed by atoms with van der Waals surface area (Å²) in [7, 11) is 0. The molecule has 2 unspecified atom stereocenters. The molecule has 3 nitrogen and oxygen atoms in total. The van der Waals surface area contributed by atoms with E-state index < -0.39 is 0 Å². The van der Waals surface area contributed by atoms with E-state index in [9.17, 15) is 0 Å². The summed E-state index contributed by atoms with van der Waals surface area (Å²) in [4.78, 5) is 5.22. The lowest BCUT2D eigenvalue weighted by Crippen LogP contribution is -2.38. The van der Waals surface area contributed by atoms with E-state index in [1.54, 1.807) is 0 Å². The van der Waals surface area contributed by atoms with Gasteiger partial charge in [0.15, 0.2) is 11.9 Å². The second kappa shape index (κ2) is 8.41. The van der Waals surface area contributed by atoms with Gasteiger partial charge in [-0.1, -0.05) is 61.2 Å². The minimum absolute atomic E-state index is 0.119. The van der Waals surface area contributed by atoms with Crippen molar-refractivity contribution in [3.8, 4) is 11.3 Å². The number of allylic oxidation sites excluding steroid dienone is 1. The molecule has 2 aliphatic rings. The second-order valence-electron chi connectivity index (χ2n) is 10.3. The first-order chi connectivity index (χ1) is 18.1. The van der Waals surface area contributed by atoms with Gasteiger partial charge in [0.25, 0.3) is 0 Å². The van der Waals surface area contributed by atoms with E-state index in [0.29, 0.717) is 5.92 Å². The summed E-state index contributed by atoms with van der Waals surface area (Å²) < 4.78 is 8.82. The molecule has 180 valence electrons. The van der Waals surface area contributed by atoms with Gasteiger partial charge in [-0.05, 0) is 55.2 Å². The molecule has 0 N–H and O–H groups in total. The Labute approximate surface area is 217 Å². The van der Waals surface area contributed by atoms with E-state index in [2.05, 4.69) is 97.6 Å². The molecule has 0 saturated heterocycles. The fourth-order valence-electron chi connectivity index (χ4n) is 6.34. The highest BCUT2D eigenvalue weighted by molar-refractivity contribution is 6.11. The smallest absolute Gasteiger partial charge is 0.222 e. The lowest BCUT2D eigenvalue weighted by molar-refractivity contribution is -0.571.